The number of benzene rings is 1. The van der Waals surface area contributed by atoms with Crippen LogP contribution in [0.2, 0.25) is 0 Å². The second-order valence-electron chi connectivity index (χ2n) is 6.81. The highest BCUT2D eigenvalue weighted by Gasteiger charge is 2.16. The molecule has 7 heteroatoms. The Morgan fingerprint density at radius 3 is 2.35 bits per heavy atom. The van der Waals surface area contributed by atoms with Gasteiger partial charge in [0.25, 0.3) is 5.91 Å². The van der Waals surface area contributed by atoms with Gasteiger partial charge in [-0.05, 0) is 57.0 Å². The molecule has 0 bridgehead atoms. The van der Waals surface area contributed by atoms with Gasteiger partial charge in [-0.1, -0.05) is 12.1 Å². The number of hydrogen-bond donors (Lipinski definition) is 2. The highest BCUT2D eigenvalue weighted by atomic mass is 32.1. The first kappa shape index (κ1) is 19.9. The van der Waals surface area contributed by atoms with Gasteiger partial charge in [0.1, 0.15) is 11.4 Å². The van der Waals surface area contributed by atoms with Crippen molar-refractivity contribution in [2.45, 2.75) is 33.3 Å². The predicted molar refractivity (Wildman–Crippen MR) is 101 cm³/mol. The fourth-order valence-electron chi connectivity index (χ4n) is 2.22. The van der Waals surface area contributed by atoms with Crippen molar-refractivity contribution in [3.63, 3.8) is 0 Å². The van der Waals surface area contributed by atoms with E-state index in [1.165, 1.54) is 23.5 Å². The van der Waals surface area contributed by atoms with Crippen LogP contribution in [0.25, 0.3) is 10.4 Å². The Morgan fingerprint density at radius 2 is 1.73 bits per heavy atom. The third kappa shape index (κ3) is 5.84. The Hall–Kier alpha value is -2.41. The van der Waals surface area contributed by atoms with Crippen LogP contribution < -0.4 is 10.6 Å². The van der Waals surface area contributed by atoms with Crippen molar-refractivity contribution >= 4 is 23.3 Å². The van der Waals surface area contributed by atoms with Gasteiger partial charge in [-0.2, -0.15) is 0 Å². The Balaban J connectivity index is 1.88. The molecular formula is C19H23FN2O3S. The van der Waals surface area contributed by atoms with E-state index in [-0.39, 0.29) is 18.3 Å². The lowest BCUT2D eigenvalue weighted by Gasteiger charge is -2.19. The van der Waals surface area contributed by atoms with Gasteiger partial charge in [0.15, 0.2) is 0 Å². The van der Waals surface area contributed by atoms with Crippen LogP contribution in [-0.4, -0.2) is 30.7 Å². The number of halogens is 1. The molecule has 0 saturated carbocycles. The first-order valence-corrected chi connectivity index (χ1v) is 9.09. The van der Waals surface area contributed by atoms with Crippen LogP contribution in [-0.2, 0) is 4.74 Å². The Labute approximate surface area is 156 Å². The molecule has 1 aromatic carbocycles. The van der Waals surface area contributed by atoms with E-state index in [9.17, 15) is 14.0 Å². The number of rotatable bonds is 5. The molecule has 2 aromatic rings. The number of nitrogens with one attached hydrogen (secondary N) is 2. The minimum atomic E-state index is -0.557. The maximum Gasteiger partial charge on any atom is 0.407 e. The van der Waals surface area contributed by atoms with Crippen LogP contribution in [0.5, 0.6) is 0 Å². The zero-order valence-corrected chi connectivity index (χ0v) is 16.1. The van der Waals surface area contributed by atoms with Crippen molar-refractivity contribution in [2.75, 3.05) is 13.1 Å². The second-order valence-corrected chi connectivity index (χ2v) is 7.87. The SMILES string of the molecule is Cc1cc(C(=O)NCCNC(=O)OC(C)(C)C)sc1-c1ccc(F)cc1. The normalized spacial score (nSPS) is 11.1. The van der Waals surface area contributed by atoms with Crippen molar-refractivity contribution < 1.29 is 18.7 Å². The van der Waals surface area contributed by atoms with E-state index < -0.39 is 11.7 Å². The van der Waals surface area contributed by atoms with Crippen LogP contribution in [0, 0.1) is 12.7 Å². The molecule has 0 aliphatic carbocycles. The van der Waals surface area contributed by atoms with Crippen LogP contribution in [0.4, 0.5) is 9.18 Å². The molecule has 2 amide bonds. The summed E-state index contributed by atoms with van der Waals surface area (Å²) in [5, 5.41) is 5.35. The summed E-state index contributed by atoms with van der Waals surface area (Å²) in [4.78, 5) is 25.3. The van der Waals surface area contributed by atoms with E-state index in [2.05, 4.69) is 10.6 Å². The lowest BCUT2D eigenvalue weighted by Crippen LogP contribution is -2.37. The molecule has 1 aromatic heterocycles. The average molecular weight is 378 g/mol. The second kappa shape index (κ2) is 8.31. The summed E-state index contributed by atoms with van der Waals surface area (Å²) in [5.74, 6) is -0.504. The quantitative estimate of drug-likeness (QED) is 0.769. The molecule has 0 aliphatic rings. The summed E-state index contributed by atoms with van der Waals surface area (Å²) in [5.41, 5.74) is 1.27. The minimum absolute atomic E-state index is 0.211. The standard InChI is InChI=1S/C19H23FN2O3S/c1-12-11-15(26-16(12)13-5-7-14(20)8-6-13)17(23)21-9-10-22-18(24)25-19(2,3)4/h5-8,11H,9-10H2,1-4H3,(H,21,23)(H,22,24). The van der Waals surface area contributed by atoms with Crippen molar-refractivity contribution in [1.29, 1.82) is 0 Å². The summed E-state index contributed by atoms with van der Waals surface area (Å²) in [6.45, 7) is 7.83. The molecule has 26 heavy (non-hydrogen) atoms. The smallest absolute Gasteiger partial charge is 0.407 e. The van der Waals surface area contributed by atoms with E-state index in [0.29, 0.717) is 11.4 Å². The van der Waals surface area contributed by atoms with Crippen LogP contribution in [0.1, 0.15) is 36.0 Å². The molecule has 2 N–H and O–H groups in total. The van der Waals surface area contributed by atoms with Gasteiger partial charge in [0.05, 0.1) is 4.88 Å². The largest absolute Gasteiger partial charge is 0.444 e. The maximum absolute atomic E-state index is 13.1. The molecule has 0 aliphatic heterocycles. The summed E-state index contributed by atoms with van der Waals surface area (Å²) in [6, 6.07) is 7.99. The fraction of sp³-hybridized carbons (Fsp3) is 0.368. The van der Waals surface area contributed by atoms with E-state index in [4.69, 9.17) is 4.74 Å². The zero-order valence-electron chi connectivity index (χ0n) is 15.3. The third-order valence-electron chi connectivity index (χ3n) is 3.33. The first-order chi connectivity index (χ1) is 12.2. The first-order valence-electron chi connectivity index (χ1n) is 8.27. The van der Waals surface area contributed by atoms with Gasteiger partial charge >= 0.3 is 6.09 Å². The van der Waals surface area contributed by atoms with Crippen LogP contribution in [0.15, 0.2) is 30.3 Å². The number of alkyl carbamates (subject to hydrolysis) is 1. The number of aryl methyl sites for hydroxylation is 1. The van der Waals surface area contributed by atoms with Crippen molar-refractivity contribution in [3.05, 3.63) is 46.6 Å². The molecule has 0 atom stereocenters. The predicted octanol–water partition coefficient (Wildman–Crippen LogP) is 4.12. The molecule has 0 fully saturated rings. The third-order valence-corrected chi connectivity index (χ3v) is 4.61. The maximum atomic E-state index is 13.1. The number of ether oxygens (including phenoxy) is 1. The molecule has 140 valence electrons. The van der Waals surface area contributed by atoms with Crippen molar-refractivity contribution in [3.8, 4) is 10.4 Å². The van der Waals surface area contributed by atoms with E-state index >= 15 is 0 Å². The van der Waals surface area contributed by atoms with E-state index in [0.717, 1.165) is 16.0 Å². The summed E-state index contributed by atoms with van der Waals surface area (Å²) >= 11 is 1.35. The summed E-state index contributed by atoms with van der Waals surface area (Å²) < 4.78 is 18.2. The Morgan fingerprint density at radius 1 is 1.12 bits per heavy atom. The number of hydrogen-bond acceptors (Lipinski definition) is 4. The zero-order chi connectivity index (χ0) is 19.3. The monoisotopic (exact) mass is 378 g/mol. The number of carbonyl (C=O) groups is 2. The summed E-state index contributed by atoms with van der Waals surface area (Å²) in [6.07, 6.45) is -0.516. The molecule has 0 saturated heterocycles. The van der Waals surface area contributed by atoms with Crippen molar-refractivity contribution in [1.82, 2.24) is 10.6 Å². The van der Waals surface area contributed by atoms with Gasteiger partial charge < -0.3 is 15.4 Å². The van der Waals surface area contributed by atoms with Gasteiger partial charge in [-0.15, -0.1) is 11.3 Å². The number of carbonyl (C=O) groups excluding carboxylic acids is 2. The highest BCUT2D eigenvalue weighted by molar-refractivity contribution is 7.17. The fourth-order valence-corrected chi connectivity index (χ4v) is 3.32. The topological polar surface area (TPSA) is 67.4 Å². The highest BCUT2D eigenvalue weighted by Crippen LogP contribution is 2.32. The van der Waals surface area contributed by atoms with Gasteiger partial charge in [-0.25, -0.2) is 9.18 Å². The van der Waals surface area contributed by atoms with Crippen LogP contribution in [0.3, 0.4) is 0 Å². The Kier molecular flexibility index (Phi) is 6.37. The molecule has 5 nitrogen and oxygen atoms in total. The molecule has 1 heterocycles. The van der Waals surface area contributed by atoms with Gasteiger partial charge in [0, 0.05) is 18.0 Å². The van der Waals surface area contributed by atoms with Crippen LogP contribution >= 0.6 is 11.3 Å². The minimum Gasteiger partial charge on any atom is -0.444 e. The molecule has 0 unspecified atom stereocenters. The lowest BCUT2D eigenvalue weighted by atomic mass is 10.1. The van der Waals surface area contributed by atoms with Gasteiger partial charge in [-0.3, -0.25) is 4.79 Å². The summed E-state index contributed by atoms with van der Waals surface area (Å²) in [7, 11) is 0. The van der Waals surface area contributed by atoms with E-state index in [1.54, 1.807) is 39.0 Å². The molecule has 0 spiro atoms. The van der Waals surface area contributed by atoms with Crippen molar-refractivity contribution in [2.24, 2.45) is 0 Å². The molecule has 2 rings (SSSR count). The van der Waals surface area contributed by atoms with Gasteiger partial charge in [0.2, 0.25) is 0 Å². The molecule has 0 radical (unpaired) electrons. The van der Waals surface area contributed by atoms with E-state index in [1.807, 2.05) is 6.92 Å². The Bertz CT molecular complexity index is 779. The molecular weight excluding hydrogens is 355 g/mol. The number of thiophene rings is 1. The lowest BCUT2D eigenvalue weighted by molar-refractivity contribution is 0.0526. The average Bonchev–Trinajstić information content (AvgIpc) is 2.92. The number of amides is 2.